The molecule has 0 spiro atoms. The van der Waals surface area contributed by atoms with Gasteiger partial charge in [0.2, 0.25) is 5.91 Å². The predicted octanol–water partition coefficient (Wildman–Crippen LogP) is 1.41. The summed E-state index contributed by atoms with van der Waals surface area (Å²) in [5.74, 6) is -1.22. The Morgan fingerprint density at radius 3 is 2.31 bits per heavy atom. The summed E-state index contributed by atoms with van der Waals surface area (Å²) >= 11 is 11.3. The third-order valence-corrected chi connectivity index (χ3v) is 3.45. The Kier molecular flexibility index (Phi) is 3.80. The van der Waals surface area contributed by atoms with Crippen molar-refractivity contribution in [3.63, 3.8) is 0 Å². The molecule has 0 aliphatic heterocycles. The molecule has 5 nitrogen and oxygen atoms in total. The SMILES string of the molecule is NC(=O)C(c1ccc(Cl)cc1Cl)S(=O)(=O)O. The van der Waals surface area contributed by atoms with Crippen molar-refractivity contribution in [2.45, 2.75) is 5.25 Å². The molecule has 8 heteroatoms. The second kappa shape index (κ2) is 4.58. The number of halogens is 2. The highest BCUT2D eigenvalue weighted by atomic mass is 35.5. The normalized spacial score (nSPS) is 13.4. The molecular formula is C8H7Cl2NO4S. The summed E-state index contributed by atoms with van der Waals surface area (Å²) in [7, 11) is -4.65. The molecule has 0 bridgehead atoms. The van der Waals surface area contributed by atoms with Gasteiger partial charge in [-0.2, -0.15) is 8.42 Å². The second-order valence-corrected chi connectivity index (χ2v) is 5.31. The van der Waals surface area contributed by atoms with Crippen LogP contribution in [0.5, 0.6) is 0 Å². The van der Waals surface area contributed by atoms with Crippen LogP contribution in [0.4, 0.5) is 0 Å². The van der Waals surface area contributed by atoms with Gasteiger partial charge in [-0.3, -0.25) is 9.35 Å². The number of rotatable bonds is 3. The van der Waals surface area contributed by atoms with E-state index in [2.05, 4.69) is 0 Å². The molecule has 0 fully saturated rings. The number of benzene rings is 1. The first-order valence-corrected chi connectivity index (χ1v) is 6.20. The lowest BCUT2D eigenvalue weighted by atomic mass is 10.1. The fourth-order valence-electron chi connectivity index (χ4n) is 1.17. The summed E-state index contributed by atoms with van der Waals surface area (Å²) in [6, 6.07) is 3.80. The molecule has 1 aromatic carbocycles. The minimum Gasteiger partial charge on any atom is -0.368 e. The molecule has 1 amide bonds. The van der Waals surface area contributed by atoms with Crippen molar-refractivity contribution in [3.05, 3.63) is 33.8 Å². The topological polar surface area (TPSA) is 97.5 Å². The highest BCUT2D eigenvalue weighted by molar-refractivity contribution is 7.86. The monoisotopic (exact) mass is 283 g/mol. The van der Waals surface area contributed by atoms with Crippen LogP contribution < -0.4 is 5.73 Å². The van der Waals surface area contributed by atoms with Crippen molar-refractivity contribution < 1.29 is 17.8 Å². The van der Waals surface area contributed by atoms with Crippen molar-refractivity contribution >= 4 is 39.2 Å². The number of hydrogen-bond acceptors (Lipinski definition) is 3. The van der Waals surface area contributed by atoms with Gasteiger partial charge >= 0.3 is 0 Å². The van der Waals surface area contributed by atoms with E-state index in [1.807, 2.05) is 0 Å². The van der Waals surface area contributed by atoms with E-state index < -0.39 is 21.3 Å². The summed E-state index contributed by atoms with van der Waals surface area (Å²) in [5.41, 5.74) is 4.78. The van der Waals surface area contributed by atoms with Gasteiger partial charge in [0, 0.05) is 15.6 Å². The van der Waals surface area contributed by atoms with Crippen molar-refractivity contribution in [2.24, 2.45) is 5.73 Å². The first kappa shape index (κ1) is 13.2. The molecule has 0 heterocycles. The van der Waals surface area contributed by atoms with E-state index in [0.717, 1.165) is 0 Å². The highest BCUT2D eigenvalue weighted by Crippen LogP contribution is 2.30. The maximum absolute atomic E-state index is 11.0. The van der Waals surface area contributed by atoms with Gasteiger partial charge in [-0.15, -0.1) is 0 Å². The number of carbonyl (C=O) groups is 1. The van der Waals surface area contributed by atoms with Crippen molar-refractivity contribution in [1.82, 2.24) is 0 Å². The molecule has 88 valence electrons. The number of nitrogens with two attached hydrogens (primary N) is 1. The Balaban J connectivity index is 3.39. The summed E-state index contributed by atoms with van der Waals surface area (Å²) in [6.45, 7) is 0. The van der Waals surface area contributed by atoms with Gasteiger partial charge in [0.05, 0.1) is 0 Å². The number of primary amides is 1. The summed E-state index contributed by atoms with van der Waals surface area (Å²) < 4.78 is 30.8. The lowest BCUT2D eigenvalue weighted by molar-refractivity contribution is -0.117. The highest BCUT2D eigenvalue weighted by Gasteiger charge is 2.32. The molecule has 16 heavy (non-hydrogen) atoms. The van der Waals surface area contributed by atoms with E-state index in [4.69, 9.17) is 33.5 Å². The summed E-state index contributed by atoms with van der Waals surface area (Å²) in [6.07, 6.45) is 0. The standard InChI is InChI=1S/C8H7Cl2NO4S/c9-4-1-2-5(6(10)3-4)7(8(11)12)16(13,14)15/h1-3,7H,(H2,11,12)(H,13,14,15). The van der Waals surface area contributed by atoms with Crippen molar-refractivity contribution in [3.8, 4) is 0 Å². The van der Waals surface area contributed by atoms with Crippen molar-refractivity contribution in [2.75, 3.05) is 0 Å². The molecule has 1 rings (SSSR count). The Morgan fingerprint density at radius 2 is 1.94 bits per heavy atom. The zero-order valence-electron chi connectivity index (χ0n) is 7.72. The minimum absolute atomic E-state index is 0.0612. The van der Waals surface area contributed by atoms with Gasteiger partial charge in [-0.25, -0.2) is 0 Å². The first-order valence-electron chi connectivity index (χ1n) is 3.94. The molecular weight excluding hydrogens is 277 g/mol. The molecule has 0 aliphatic carbocycles. The number of amides is 1. The number of carbonyl (C=O) groups excluding carboxylic acids is 1. The van der Waals surface area contributed by atoms with Gasteiger partial charge < -0.3 is 5.73 Å². The zero-order chi connectivity index (χ0) is 12.5. The molecule has 0 aliphatic rings. The average Bonchev–Trinajstić information content (AvgIpc) is 2.06. The van der Waals surface area contributed by atoms with Gasteiger partial charge in [-0.1, -0.05) is 29.3 Å². The molecule has 3 N–H and O–H groups in total. The molecule has 1 unspecified atom stereocenters. The van der Waals surface area contributed by atoms with Crippen LogP contribution >= 0.6 is 23.2 Å². The van der Waals surface area contributed by atoms with Crippen LogP contribution in [0.3, 0.4) is 0 Å². The van der Waals surface area contributed by atoms with E-state index in [9.17, 15) is 13.2 Å². The Morgan fingerprint density at radius 1 is 1.38 bits per heavy atom. The fourth-order valence-corrected chi connectivity index (χ4v) is 2.58. The van der Waals surface area contributed by atoms with Crippen LogP contribution in [0.2, 0.25) is 10.0 Å². The Labute approximate surface area is 102 Å². The van der Waals surface area contributed by atoms with Gasteiger partial charge in [-0.05, 0) is 12.1 Å². The van der Waals surface area contributed by atoms with Gasteiger partial charge in [0.15, 0.2) is 5.25 Å². The maximum Gasteiger partial charge on any atom is 0.281 e. The summed E-state index contributed by atoms with van der Waals surface area (Å²) in [4.78, 5) is 11.0. The quantitative estimate of drug-likeness (QED) is 0.820. The summed E-state index contributed by atoms with van der Waals surface area (Å²) in [5, 5.41) is -1.68. The van der Waals surface area contributed by atoms with Crippen LogP contribution in [-0.2, 0) is 14.9 Å². The van der Waals surface area contributed by atoms with Crippen LogP contribution in [0, 0.1) is 0 Å². The lowest BCUT2D eigenvalue weighted by Gasteiger charge is -2.12. The van der Waals surface area contributed by atoms with Crippen LogP contribution in [-0.4, -0.2) is 18.9 Å². The molecule has 0 aromatic heterocycles. The fraction of sp³-hybridized carbons (Fsp3) is 0.125. The van der Waals surface area contributed by atoms with Gasteiger partial charge in [0.1, 0.15) is 0 Å². The third kappa shape index (κ3) is 2.85. The Hall–Kier alpha value is -0.820. The van der Waals surface area contributed by atoms with Crippen LogP contribution in [0.15, 0.2) is 18.2 Å². The molecule has 1 atom stereocenters. The molecule has 0 saturated heterocycles. The smallest absolute Gasteiger partial charge is 0.281 e. The van der Waals surface area contributed by atoms with Crippen molar-refractivity contribution in [1.29, 1.82) is 0 Å². The Bertz CT molecular complexity index is 529. The van der Waals surface area contributed by atoms with Crippen LogP contribution in [0.25, 0.3) is 0 Å². The largest absolute Gasteiger partial charge is 0.368 e. The van der Waals surface area contributed by atoms with E-state index in [1.54, 1.807) is 0 Å². The minimum atomic E-state index is -4.65. The van der Waals surface area contributed by atoms with E-state index in [-0.39, 0.29) is 15.6 Å². The van der Waals surface area contributed by atoms with E-state index >= 15 is 0 Å². The lowest BCUT2D eigenvalue weighted by Crippen LogP contribution is -2.28. The van der Waals surface area contributed by atoms with Crippen LogP contribution in [0.1, 0.15) is 10.8 Å². The van der Waals surface area contributed by atoms with Gasteiger partial charge in [0.25, 0.3) is 10.1 Å². The predicted molar refractivity (Wildman–Crippen MR) is 59.9 cm³/mol. The second-order valence-electron chi connectivity index (χ2n) is 2.96. The molecule has 1 aromatic rings. The maximum atomic E-state index is 11.0. The first-order chi connectivity index (χ1) is 7.23. The molecule has 0 radical (unpaired) electrons. The van der Waals surface area contributed by atoms with E-state index in [0.29, 0.717) is 0 Å². The molecule has 0 saturated carbocycles. The van der Waals surface area contributed by atoms with E-state index in [1.165, 1.54) is 18.2 Å². The zero-order valence-corrected chi connectivity index (χ0v) is 10.1. The number of hydrogen-bond donors (Lipinski definition) is 2. The third-order valence-electron chi connectivity index (χ3n) is 1.80. The average molecular weight is 284 g/mol.